The average molecular weight is 360 g/mol. The monoisotopic (exact) mass is 359 g/mol. The average Bonchev–Trinajstić information content (AvgIpc) is 2.51. The van der Waals surface area contributed by atoms with E-state index < -0.39 is 0 Å². The number of hydrogen-bond donors (Lipinski definition) is 2. The van der Waals surface area contributed by atoms with Crippen molar-refractivity contribution in [3.05, 3.63) is 27.7 Å². The van der Waals surface area contributed by atoms with Gasteiger partial charge in [-0.2, -0.15) is 0 Å². The number of halogens is 2. The summed E-state index contributed by atoms with van der Waals surface area (Å²) in [6.45, 7) is 2.08. The van der Waals surface area contributed by atoms with E-state index in [1.807, 2.05) is 0 Å². The molecule has 0 aliphatic carbocycles. The molecule has 1 amide bonds. The number of benzene rings is 1. The van der Waals surface area contributed by atoms with Crippen LogP contribution in [-0.2, 0) is 4.79 Å². The molecule has 1 saturated heterocycles. The van der Waals surface area contributed by atoms with Crippen molar-refractivity contribution in [2.45, 2.75) is 18.9 Å². The zero-order chi connectivity index (χ0) is 17.1. The molecule has 2 rings (SSSR count). The first kappa shape index (κ1) is 18.3. The van der Waals surface area contributed by atoms with Gasteiger partial charge >= 0.3 is 0 Å². The van der Waals surface area contributed by atoms with E-state index in [0.29, 0.717) is 22.2 Å². The molecule has 0 saturated carbocycles. The van der Waals surface area contributed by atoms with Gasteiger partial charge in [0.25, 0.3) is 0 Å². The highest BCUT2D eigenvalue weighted by molar-refractivity contribution is 6.42. The first-order chi connectivity index (χ1) is 10.8. The van der Waals surface area contributed by atoms with Crippen molar-refractivity contribution in [3.8, 4) is 5.75 Å². The van der Waals surface area contributed by atoms with Crippen LogP contribution < -0.4 is 5.73 Å². The van der Waals surface area contributed by atoms with Crippen LogP contribution in [0, 0.1) is 5.92 Å². The van der Waals surface area contributed by atoms with Crippen LogP contribution in [0.5, 0.6) is 5.75 Å². The lowest BCUT2D eigenvalue weighted by Gasteiger charge is -2.35. The first-order valence-corrected chi connectivity index (χ1v) is 8.41. The van der Waals surface area contributed by atoms with Gasteiger partial charge in [-0.3, -0.25) is 9.69 Å². The number of hydrogen-bond acceptors (Lipinski definition) is 4. The molecule has 0 spiro atoms. The number of nitrogens with zero attached hydrogens (tertiary/aromatic N) is 2. The molecule has 7 heteroatoms. The molecule has 0 bridgehead atoms. The summed E-state index contributed by atoms with van der Waals surface area (Å²) in [6.07, 6.45) is 1.75. The van der Waals surface area contributed by atoms with Crippen LogP contribution in [0.4, 0.5) is 0 Å². The van der Waals surface area contributed by atoms with Crippen molar-refractivity contribution in [3.63, 3.8) is 0 Å². The summed E-state index contributed by atoms with van der Waals surface area (Å²) in [5.41, 5.74) is 6.96. The van der Waals surface area contributed by atoms with Crippen molar-refractivity contribution in [2.24, 2.45) is 11.7 Å². The maximum Gasteiger partial charge on any atom is 0.236 e. The van der Waals surface area contributed by atoms with Gasteiger partial charge in [0.05, 0.1) is 16.6 Å². The molecule has 0 radical (unpaired) electrons. The minimum absolute atomic E-state index is 0.0807. The van der Waals surface area contributed by atoms with E-state index >= 15 is 0 Å². The molecule has 1 unspecified atom stereocenters. The van der Waals surface area contributed by atoms with Gasteiger partial charge in [0.2, 0.25) is 5.91 Å². The van der Waals surface area contributed by atoms with Gasteiger partial charge in [-0.25, -0.2) is 0 Å². The minimum Gasteiger partial charge on any atom is -0.508 e. The van der Waals surface area contributed by atoms with Crippen LogP contribution >= 0.6 is 23.2 Å². The van der Waals surface area contributed by atoms with Crippen molar-refractivity contribution in [1.29, 1.82) is 0 Å². The molecule has 23 heavy (non-hydrogen) atoms. The van der Waals surface area contributed by atoms with Crippen LogP contribution in [-0.4, -0.2) is 54.5 Å². The first-order valence-electron chi connectivity index (χ1n) is 7.65. The molecule has 1 atom stereocenters. The Morgan fingerprint density at radius 2 is 1.91 bits per heavy atom. The van der Waals surface area contributed by atoms with Crippen molar-refractivity contribution >= 4 is 29.1 Å². The SMILES string of the molecule is CN(C)C(=O)CN1CCC(C(N)c2cc(Cl)c(Cl)cc2O)CC1. The normalized spacial score (nSPS) is 18.0. The molecule has 1 aliphatic rings. The number of rotatable bonds is 4. The maximum atomic E-state index is 11.8. The van der Waals surface area contributed by atoms with Gasteiger partial charge in [-0.1, -0.05) is 23.2 Å². The highest BCUT2D eigenvalue weighted by Crippen LogP contribution is 2.37. The number of piperidine rings is 1. The van der Waals surface area contributed by atoms with E-state index in [0.717, 1.165) is 25.9 Å². The third kappa shape index (κ3) is 4.51. The second-order valence-corrected chi connectivity index (χ2v) is 7.07. The fourth-order valence-electron chi connectivity index (χ4n) is 2.88. The number of carbonyl (C=O) groups excluding carboxylic acids is 1. The van der Waals surface area contributed by atoms with Crippen LogP contribution in [0.2, 0.25) is 10.0 Å². The Hall–Kier alpha value is -1.01. The maximum absolute atomic E-state index is 11.8. The van der Waals surface area contributed by atoms with Gasteiger partial charge in [0.1, 0.15) is 5.75 Å². The zero-order valence-corrected chi connectivity index (χ0v) is 14.9. The molecule has 1 aromatic carbocycles. The smallest absolute Gasteiger partial charge is 0.236 e. The fraction of sp³-hybridized carbons (Fsp3) is 0.562. The second kappa shape index (κ2) is 7.71. The molecule has 1 heterocycles. The van der Waals surface area contributed by atoms with Crippen LogP contribution in [0.1, 0.15) is 24.4 Å². The van der Waals surface area contributed by atoms with E-state index in [2.05, 4.69) is 4.90 Å². The summed E-state index contributed by atoms with van der Waals surface area (Å²) in [4.78, 5) is 15.5. The molecule has 1 aliphatic heterocycles. The highest BCUT2D eigenvalue weighted by atomic mass is 35.5. The zero-order valence-electron chi connectivity index (χ0n) is 13.4. The Labute approximate surface area is 146 Å². The lowest BCUT2D eigenvalue weighted by Crippen LogP contribution is -2.42. The van der Waals surface area contributed by atoms with Crippen LogP contribution in [0.3, 0.4) is 0 Å². The molecule has 5 nitrogen and oxygen atoms in total. The molecule has 3 N–H and O–H groups in total. The van der Waals surface area contributed by atoms with Crippen molar-refractivity contribution < 1.29 is 9.90 Å². The molecule has 1 aromatic rings. The van der Waals surface area contributed by atoms with Gasteiger partial charge in [0.15, 0.2) is 0 Å². The molecular formula is C16H23Cl2N3O2. The Bertz CT molecular complexity index is 573. The summed E-state index contributed by atoms with van der Waals surface area (Å²) in [7, 11) is 3.52. The quantitative estimate of drug-likeness (QED) is 0.866. The van der Waals surface area contributed by atoms with E-state index in [4.69, 9.17) is 28.9 Å². The number of amides is 1. The lowest BCUT2D eigenvalue weighted by molar-refractivity contribution is -0.130. The highest BCUT2D eigenvalue weighted by Gasteiger charge is 2.28. The fourth-order valence-corrected chi connectivity index (χ4v) is 3.21. The van der Waals surface area contributed by atoms with Gasteiger partial charge in [-0.05, 0) is 37.9 Å². The van der Waals surface area contributed by atoms with Gasteiger partial charge < -0.3 is 15.7 Å². The van der Waals surface area contributed by atoms with Gasteiger partial charge in [0, 0.05) is 31.8 Å². The summed E-state index contributed by atoms with van der Waals surface area (Å²) >= 11 is 11.9. The number of likely N-dealkylation sites (tertiary alicyclic amines) is 1. The summed E-state index contributed by atoms with van der Waals surface area (Å²) < 4.78 is 0. The molecular weight excluding hydrogens is 337 g/mol. The Kier molecular flexibility index (Phi) is 6.14. The summed E-state index contributed by atoms with van der Waals surface area (Å²) in [5, 5.41) is 10.8. The summed E-state index contributed by atoms with van der Waals surface area (Å²) in [6, 6.07) is 2.78. The number of carbonyl (C=O) groups is 1. The van der Waals surface area contributed by atoms with E-state index in [1.54, 1.807) is 25.1 Å². The number of likely N-dealkylation sites (N-methyl/N-ethyl adjacent to an activating group) is 1. The molecule has 0 aromatic heterocycles. The van der Waals surface area contributed by atoms with E-state index in [9.17, 15) is 9.90 Å². The lowest BCUT2D eigenvalue weighted by atomic mass is 9.85. The predicted octanol–water partition coefficient (Wildman–Crippen LogP) is 2.50. The van der Waals surface area contributed by atoms with E-state index in [1.165, 1.54) is 6.07 Å². The van der Waals surface area contributed by atoms with Gasteiger partial charge in [-0.15, -0.1) is 0 Å². The minimum atomic E-state index is -0.295. The topological polar surface area (TPSA) is 69.8 Å². The van der Waals surface area contributed by atoms with E-state index in [-0.39, 0.29) is 23.6 Å². The Balaban J connectivity index is 1.97. The standard InChI is InChI=1S/C16H23Cl2N3O2/c1-20(2)15(23)9-21-5-3-10(4-6-21)16(19)11-7-12(17)13(18)8-14(11)22/h7-8,10,16,22H,3-6,9,19H2,1-2H3. The molecule has 128 valence electrons. The number of phenolic OH excluding ortho intramolecular Hbond substituents is 1. The van der Waals surface area contributed by atoms with Crippen molar-refractivity contribution in [1.82, 2.24) is 9.80 Å². The van der Waals surface area contributed by atoms with Crippen LogP contribution in [0.25, 0.3) is 0 Å². The molecule has 1 fully saturated rings. The van der Waals surface area contributed by atoms with Crippen LogP contribution in [0.15, 0.2) is 12.1 Å². The van der Waals surface area contributed by atoms with Crippen molar-refractivity contribution in [2.75, 3.05) is 33.7 Å². The number of nitrogens with two attached hydrogens (primary N) is 1. The third-order valence-corrected chi connectivity index (χ3v) is 5.15. The predicted molar refractivity (Wildman–Crippen MR) is 92.9 cm³/mol. The Morgan fingerprint density at radius 3 is 2.48 bits per heavy atom. The summed E-state index contributed by atoms with van der Waals surface area (Å²) in [5.74, 6) is 0.427. The third-order valence-electron chi connectivity index (χ3n) is 4.43. The Morgan fingerprint density at radius 1 is 1.35 bits per heavy atom. The second-order valence-electron chi connectivity index (χ2n) is 6.25. The largest absolute Gasteiger partial charge is 0.508 e. The number of phenols is 1. The number of aromatic hydroxyl groups is 1.